The van der Waals surface area contributed by atoms with Crippen molar-refractivity contribution in [2.24, 2.45) is 0 Å². The molecule has 0 fully saturated rings. The maximum absolute atomic E-state index is 11.8. The largest absolute Gasteiger partial charge is 0.422 e. The molecular formula is C15H12N2O3S. The normalized spacial score (nSPS) is 9.95. The van der Waals surface area contributed by atoms with E-state index in [1.165, 1.54) is 18.7 Å². The molecule has 0 atom stereocenters. The molecule has 1 N–H and O–H groups in total. The highest BCUT2D eigenvalue weighted by molar-refractivity contribution is 7.98. The van der Waals surface area contributed by atoms with Gasteiger partial charge in [-0.25, -0.2) is 4.79 Å². The summed E-state index contributed by atoms with van der Waals surface area (Å²) in [5, 5.41) is 11.6. The Morgan fingerprint density at radius 3 is 2.52 bits per heavy atom. The summed E-state index contributed by atoms with van der Waals surface area (Å²) >= 11 is 1.32. The molecule has 0 unspecified atom stereocenters. The van der Waals surface area contributed by atoms with Gasteiger partial charge >= 0.3 is 5.63 Å². The second-order valence-corrected chi connectivity index (χ2v) is 5.06. The maximum atomic E-state index is 11.8. The van der Waals surface area contributed by atoms with Crippen molar-refractivity contribution in [3.63, 3.8) is 0 Å². The van der Waals surface area contributed by atoms with Crippen LogP contribution in [0, 0.1) is 11.3 Å². The summed E-state index contributed by atoms with van der Waals surface area (Å²) in [5.74, 6) is 0.232. The van der Waals surface area contributed by atoms with Crippen molar-refractivity contribution in [2.45, 2.75) is 11.8 Å². The van der Waals surface area contributed by atoms with E-state index in [1.54, 1.807) is 36.6 Å². The highest BCUT2D eigenvalue weighted by Gasteiger charge is 2.12. The lowest BCUT2D eigenvalue weighted by Gasteiger charge is -2.06. The predicted octanol–water partition coefficient (Wildman–Crippen LogP) is 2.86. The Kier molecular flexibility index (Phi) is 4.45. The lowest BCUT2D eigenvalue weighted by molar-refractivity contribution is -0.114. The van der Waals surface area contributed by atoms with Crippen molar-refractivity contribution in [2.75, 3.05) is 11.6 Å². The molecule has 5 nitrogen and oxygen atoms in total. The van der Waals surface area contributed by atoms with Gasteiger partial charge in [0.2, 0.25) is 5.91 Å². The minimum Gasteiger partial charge on any atom is -0.422 e. The van der Waals surface area contributed by atoms with E-state index in [1.807, 2.05) is 6.07 Å². The van der Waals surface area contributed by atoms with Crippen LogP contribution in [0.15, 0.2) is 44.4 Å². The summed E-state index contributed by atoms with van der Waals surface area (Å²) < 4.78 is 5.17. The molecule has 1 heterocycles. The Morgan fingerprint density at radius 1 is 1.33 bits per heavy atom. The Hall–Kier alpha value is -2.52. The topological polar surface area (TPSA) is 83.1 Å². The van der Waals surface area contributed by atoms with Gasteiger partial charge in [0.05, 0.1) is 0 Å². The Labute approximate surface area is 125 Å². The molecule has 21 heavy (non-hydrogen) atoms. The molecule has 2 rings (SSSR count). The van der Waals surface area contributed by atoms with Crippen LogP contribution in [0.5, 0.6) is 0 Å². The van der Waals surface area contributed by atoms with Crippen LogP contribution in [0.25, 0.3) is 11.3 Å². The Bertz CT molecular complexity index is 773. The summed E-state index contributed by atoms with van der Waals surface area (Å²) in [6.07, 6.45) is 1.79. The minimum absolute atomic E-state index is 0.0149. The lowest BCUT2D eigenvalue weighted by Crippen LogP contribution is -2.06. The van der Waals surface area contributed by atoms with Crippen molar-refractivity contribution < 1.29 is 9.21 Å². The number of nitriles is 1. The van der Waals surface area contributed by atoms with Crippen LogP contribution in [0.2, 0.25) is 0 Å². The predicted molar refractivity (Wildman–Crippen MR) is 81.2 cm³/mol. The van der Waals surface area contributed by atoms with Gasteiger partial charge in [0.25, 0.3) is 0 Å². The van der Waals surface area contributed by atoms with Gasteiger partial charge in [-0.15, -0.1) is 11.8 Å². The lowest BCUT2D eigenvalue weighted by atomic mass is 10.1. The van der Waals surface area contributed by atoms with Gasteiger partial charge < -0.3 is 9.73 Å². The molecule has 1 amide bonds. The number of nitrogens with zero attached hydrogens (tertiary/aromatic N) is 1. The molecule has 0 aliphatic rings. The number of nitrogens with one attached hydrogen (secondary N) is 1. The third-order valence-electron chi connectivity index (χ3n) is 2.74. The monoisotopic (exact) mass is 300 g/mol. The van der Waals surface area contributed by atoms with Crippen molar-refractivity contribution in [3.05, 3.63) is 46.3 Å². The minimum atomic E-state index is -0.648. The highest BCUT2D eigenvalue weighted by atomic mass is 32.2. The molecule has 0 saturated heterocycles. The van der Waals surface area contributed by atoms with E-state index < -0.39 is 5.63 Å². The van der Waals surface area contributed by atoms with Gasteiger partial charge in [-0.3, -0.25) is 4.79 Å². The van der Waals surface area contributed by atoms with Gasteiger partial charge in [-0.1, -0.05) is 0 Å². The fraction of sp³-hybridized carbons (Fsp3) is 0.133. The molecule has 0 aliphatic heterocycles. The first-order valence-corrected chi connectivity index (χ1v) is 7.28. The quantitative estimate of drug-likeness (QED) is 0.881. The van der Waals surface area contributed by atoms with Gasteiger partial charge in [0.1, 0.15) is 11.8 Å². The summed E-state index contributed by atoms with van der Waals surface area (Å²) in [7, 11) is 0. The number of anilines is 1. The molecule has 0 bridgehead atoms. The second-order valence-electron chi connectivity index (χ2n) is 4.21. The van der Waals surface area contributed by atoms with E-state index in [4.69, 9.17) is 9.68 Å². The number of thioether (sulfide) groups is 1. The zero-order valence-corrected chi connectivity index (χ0v) is 12.3. The molecule has 6 heteroatoms. The number of hydrogen-bond acceptors (Lipinski definition) is 5. The highest BCUT2D eigenvalue weighted by Crippen LogP contribution is 2.26. The van der Waals surface area contributed by atoms with Crippen molar-refractivity contribution >= 4 is 23.4 Å². The van der Waals surface area contributed by atoms with Gasteiger partial charge in [-0.2, -0.15) is 5.26 Å². The van der Waals surface area contributed by atoms with Crippen molar-refractivity contribution in [1.82, 2.24) is 0 Å². The molecule has 1 aromatic carbocycles. The van der Waals surface area contributed by atoms with E-state index in [2.05, 4.69) is 5.32 Å². The van der Waals surface area contributed by atoms with Crippen molar-refractivity contribution in [3.8, 4) is 17.4 Å². The zero-order chi connectivity index (χ0) is 15.4. The van der Waals surface area contributed by atoms with Crippen LogP contribution in [-0.2, 0) is 4.79 Å². The number of rotatable bonds is 3. The first kappa shape index (κ1) is 14.9. The Balaban J connectivity index is 2.43. The van der Waals surface area contributed by atoms with E-state index in [9.17, 15) is 9.59 Å². The molecule has 1 aromatic heterocycles. The average molecular weight is 300 g/mol. The van der Waals surface area contributed by atoms with Crippen LogP contribution in [0.3, 0.4) is 0 Å². The van der Waals surface area contributed by atoms with Gasteiger partial charge in [0.15, 0.2) is 5.56 Å². The van der Waals surface area contributed by atoms with Gasteiger partial charge in [0, 0.05) is 23.1 Å². The second kappa shape index (κ2) is 6.29. The Morgan fingerprint density at radius 2 is 2.00 bits per heavy atom. The van der Waals surface area contributed by atoms with Crippen LogP contribution < -0.4 is 10.9 Å². The number of carbonyl (C=O) groups excluding carboxylic acids is 1. The van der Waals surface area contributed by atoms with Crippen LogP contribution in [0.4, 0.5) is 5.69 Å². The molecular weight excluding hydrogens is 288 g/mol. The maximum Gasteiger partial charge on any atom is 0.355 e. The third-order valence-corrected chi connectivity index (χ3v) is 3.50. The summed E-state index contributed by atoms with van der Waals surface area (Å²) in [6, 6.07) is 10.4. The average Bonchev–Trinajstić information content (AvgIpc) is 2.46. The molecule has 106 valence electrons. The number of carbonyl (C=O) groups is 1. The molecule has 0 saturated carbocycles. The van der Waals surface area contributed by atoms with E-state index >= 15 is 0 Å². The molecule has 2 aromatic rings. The summed E-state index contributed by atoms with van der Waals surface area (Å²) in [5.41, 5.74) is 0.722. The van der Waals surface area contributed by atoms with Crippen molar-refractivity contribution in [1.29, 1.82) is 5.26 Å². The SMILES string of the molecule is CSc1cc(-c2ccc(NC(C)=O)cc2)oc(=O)c1C#N. The van der Waals surface area contributed by atoms with E-state index in [0.717, 1.165) is 0 Å². The van der Waals surface area contributed by atoms with Gasteiger partial charge in [-0.05, 0) is 36.6 Å². The number of amides is 1. The third kappa shape index (κ3) is 3.33. The molecule has 0 spiro atoms. The zero-order valence-electron chi connectivity index (χ0n) is 11.5. The van der Waals surface area contributed by atoms with Crippen LogP contribution >= 0.6 is 11.8 Å². The summed E-state index contributed by atoms with van der Waals surface area (Å²) in [6.45, 7) is 1.43. The summed E-state index contributed by atoms with van der Waals surface area (Å²) in [4.78, 5) is 23.3. The smallest absolute Gasteiger partial charge is 0.355 e. The molecule has 0 radical (unpaired) electrons. The first-order chi connectivity index (χ1) is 10.0. The van der Waals surface area contributed by atoms with E-state index in [-0.39, 0.29) is 11.5 Å². The first-order valence-electron chi connectivity index (χ1n) is 6.05. The number of hydrogen-bond donors (Lipinski definition) is 1. The fourth-order valence-electron chi connectivity index (χ4n) is 1.80. The van der Waals surface area contributed by atoms with Crippen LogP contribution in [0.1, 0.15) is 12.5 Å². The standard InChI is InChI=1S/C15H12N2O3S/c1-9(18)17-11-5-3-10(4-6-11)13-7-14(21-2)12(8-16)15(19)20-13/h3-7H,1-2H3,(H,17,18). The van der Waals surface area contributed by atoms with Crippen LogP contribution in [-0.4, -0.2) is 12.2 Å². The van der Waals surface area contributed by atoms with E-state index in [0.29, 0.717) is 21.9 Å². The molecule has 0 aliphatic carbocycles. The fourth-order valence-corrected chi connectivity index (χ4v) is 2.36. The number of benzene rings is 1.